The van der Waals surface area contributed by atoms with Crippen molar-refractivity contribution >= 4 is 44.6 Å². The van der Waals surface area contributed by atoms with Gasteiger partial charge in [0.15, 0.2) is 0 Å². The maximum Gasteiger partial charge on any atom is 0.253 e. The minimum absolute atomic E-state index is 0.170. The Morgan fingerprint density at radius 3 is 2.68 bits per heavy atom. The van der Waals surface area contributed by atoms with Crippen LogP contribution in [0.4, 0.5) is 5.69 Å². The predicted molar refractivity (Wildman–Crippen MR) is 101 cm³/mol. The van der Waals surface area contributed by atoms with E-state index in [-0.39, 0.29) is 10.1 Å². The van der Waals surface area contributed by atoms with Crippen molar-refractivity contribution < 1.29 is 13.2 Å². The number of thiophene rings is 1. The Balaban J connectivity index is 1.82. The van der Waals surface area contributed by atoms with Gasteiger partial charge in [-0.05, 0) is 50.5 Å². The molecule has 1 saturated heterocycles. The zero-order valence-corrected chi connectivity index (χ0v) is 16.3. The number of rotatable bonds is 4. The molecular weight excluding hydrogens is 380 g/mol. The maximum atomic E-state index is 12.8. The van der Waals surface area contributed by atoms with Crippen molar-refractivity contribution in [3.05, 3.63) is 45.8 Å². The summed E-state index contributed by atoms with van der Waals surface area (Å²) in [5, 5.41) is 2.87. The summed E-state index contributed by atoms with van der Waals surface area (Å²) in [6.45, 7) is 4.23. The molecule has 25 heavy (non-hydrogen) atoms. The topological polar surface area (TPSA) is 66.5 Å². The summed E-state index contributed by atoms with van der Waals surface area (Å²) in [5.41, 5.74) is 2.76. The van der Waals surface area contributed by atoms with Crippen LogP contribution in [0.2, 0.25) is 4.34 Å². The maximum absolute atomic E-state index is 12.8. The molecule has 0 saturated carbocycles. The van der Waals surface area contributed by atoms with E-state index in [1.54, 1.807) is 6.07 Å². The summed E-state index contributed by atoms with van der Waals surface area (Å²) in [4.78, 5) is 12.7. The Labute approximate surface area is 156 Å². The minimum Gasteiger partial charge on any atom is -0.324 e. The van der Waals surface area contributed by atoms with E-state index in [2.05, 4.69) is 5.32 Å². The smallest absolute Gasteiger partial charge is 0.253 e. The Kier molecular flexibility index (Phi) is 5.20. The lowest BCUT2D eigenvalue weighted by Gasteiger charge is -2.23. The largest absolute Gasteiger partial charge is 0.324 e. The van der Waals surface area contributed by atoms with E-state index in [4.69, 9.17) is 11.6 Å². The number of anilines is 1. The van der Waals surface area contributed by atoms with Crippen LogP contribution in [-0.2, 0) is 14.8 Å². The molecule has 1 aromatic carbocycles. The molecule has 1 atom stereocenters. The summed E-state index contributed by atoms with van der Waals surface area (Å²) in [6.07, 6.45) is 1.17. The number of benzene rings is 1. The number of hydrogen-bond acceptors (Lipinski definition) is 4. The summed E-state index contributed by atoms with van der Waals surface area (Å²) >= 11 is 6.87. The monoisotopic (exact) mass is 398 g/mol. The van der Waals surface area contributed by atoms with Gasteiger partial charge >= 0.3 is 0 Å². The molecule has 8 heteroatoms. The first-order valence-corrected chi connectivity index (χ1v) is 10.6. The number of halogens is 1. The van der Waals surface area contributed by atoms with Crippen LogP contribution < -0.4 is 5.32 Å². The average Bonchev–Trinajstić information content (AvgIpc) is 3.19. The van der Waals surface area contributed by atoms with Gasteiger partial charge < -0.3 is 5.32 Å². The lowest BCUT2D eigenvalue weighted by Crippen LogP contribution is -2.42. The molecule has 1 aliphatic heterocycles. The molecule has 134 valence electrons. The van der Waals surface area contributed by atoms with Crippen LogP contribution in [0, 0.1) is 13.8 Å². The summed E-state index contributed by atoms with van der Waals surface area (Å²) in [5.74, 6) is -0.296. The van der Waals surface area contributed by atoms with E-state index in [1.165, 1.54) is 10.4 Å². The van der Waals surface area contributed by atoms with Gasteiger partial charge in [0, 0.05) is 12.2 Å². The lowest BCUT2D eigenvalue weighted by molar-refractivity contribution is -0.119. The van der Waals surface area contributed by atoms with Crippen LogP contribution >= 0.6 is 22.9 Å². The number of carbonyl (C=O) groups excluding carboxylic acids is 1. The zero-order valence-electron chi connectivity index (χ0n) is 14.0. The zero-order chi connectivity index (χ0) is 18.2. The molecule has 3 rings (SSSR count). The molecule has 1 aliphatic rings. The van der Waals surface area contributed by atoms with Crippen LogP contribution in [0.1, 0.15) is 24.0 Å². The fourth-order valence-electron chi connectivity index (χ4n) is 3.01. The summed E-state index contributed by atoms with van der Waals surface area (Å²) in [7, 11) is -3.71. The van der Waals surface area contributed by atoms with Gasteiger partial charge in [0.05, 0.1) is 4.34 Å². The van der Waals surface area contributed by atoms with Crippen molar-refractivity contribution in [2.45, 2.75) is 36.9 Å². The van der Waals surface area contributed by atoms with Crippen molar-refractivity contribution in [1.29, 1.82) is 0 Å². The fraction of sp³-hybridized carbons (Fsp3) is 0.353. The van der Waals surface area contributed by atoms with Crippen molar-refractivity contribution in [3.63, 3.8) is 0 Å². The molecule has 5 nitrogen and oxygen atoms in total. The quantitative estimate of drug-likeness (QED) is 0.851. The van der Waals surface area contributed by atoms with Gasteiger partial charge in [-0.25, -0.2) is 8.42 Å². The predicted octanol–water partition coefficient (Wildman–Crippen LogP) is 3.81. The molecule has 1 fully saturated rings. The third-order valence-electron chi connectivity index (χ3n) is 4.26. The first-order valence-electron chi connectivity index (χ1n) is 7.94. The third kappa shape index (κ3) is 3.74. The molecule has 1 amide bonds. The highest BCUT2D eigenvalue weighted by Gasteiger charge is 2.40. The second-order valence-corrected chi connectivity index (χ2v) is 9.97. The van der Waals surface area contributed by atoms with E-state index in [1.807, 2.05) is 32.0 Å². The Morgan fingerprint density at radius 2 is 2.04 bits per heavy atom. The van der Waals surface area contributed by atoms with Crippen LogP contribution in [-0.4, -0.2) is 31.2 Å². The highest BCUT2D eigenvalue weighted by Crippen LogP contribution is 2.32. The van der Waals surface area contributed by atoms with E-state index in [9.17, 15) is 13.2 Å². The summed E-state index contributed by atoms with van der Waals surface area (Å²) in [6, 6.07) is 8.08. The first kappa shape index (κ1) is 18.4. The van der Waals surface area contributed by atoms with Crippen LogP contribution in [0.5, 0.6) is 0 Å². The van der Waals surface area contributed by atoms with Crippen LogP contribution in [0.3, 0.4) is 0 Å². The highest BCUT2D eigenvalue weighted by molar-refractivity contribution is 7.91. The number of carbonyl (C=O) groups is 1. The number of hydrogen-bond donors (Lipinski definition) is 1. The number of aryl methyl sites for hydroxylation is 2. The van der Waals surface area contributed by atoms with Gasteiger partial charge in [0.2, 0.25) is 5.91 Å². The molecule has 2 heterocycles. The molecule has 0 aliphatic carbocycles. The fourth-order valence-corrected chi connectivity index (χ4v) is 6.28. The number of sulfonamides is 1. The molecule has 0 bridgehead atoms. The Bertz CT molecular complexity index is 908. The van der Waals surface area contributed by atoms with Crippen molar-refractivity contribution in [2.24, 2.45) is 0 Å². The Hall–Kier alpha value is -1.41. The van der Waals surface area contributed by atoms with Gasteiger partial charge in [-0.2, -0.15) is 4.31 Å². The van der Waals surface area contributed by atoms with E-state index < -0.39 is 16.1 Å². The second-order valence-electron chi connectivity index (χ2n) is 6.14. The normalized spacial score (nSPS) is 18.4. The van der Waals surface area contributed by atoms with Crippen LogP contribution in [0.25, 0.3) is 0 Å². The number of amides is 1. The molecule has 0 spiro atoms. The van der Waals surface area contributed by atoms with Crippen molar-refractivity contribution in [3.8, 4) is 0 Å². The van der Waals surface area contributed by atoms with Gasteiger partial charge in [-0.1, -0.05) is 29.3 Å². The minimum atomic E-state index is -3.71. The molecule has 1 N–H and O–H groups in total. The van der Waals surface area contributed by atoms with Gasteiger partial charge in [-0.3, -0.25) is 4.79 Å². The molecule has 1 aromatic heterocycles. The van der Waals surface area contributed by atoms with Gasteiger partial charge in [-0.15, -0.1) is 11.3 Å². The number of nitrogens with zero attached hydrogens (tertiary/aromatic N) is 1. The highest BCUT2D eigenvalue weighted by atomic mass is 35.5. The van der Waals surface area contributed by atoms with E-state index >= 15 is 0 Å². The molecular formula is C17H19ClN2O3S2. The standard InChI is InChI=1S/C17H19ClN2O3S2/c1-11-5-6-13(12(2)10-11)19-17(21)14-4-3-9-20(14)25(22,23)16-8-7-15(18)24-16/h5-8,10,14H,3-4,9H2,1-2H3,(H,19,21)/t14-/m0/s1. The van der Waals surface area contributed by atoms with Crippen LogP contribution in [0.15, 0.2) is 34.5 Å². The van der Waals surface area contributed by atoms with E-state index in [0.717, 1.165) is 22.5 Å². The van der Waals surface area contributed by atoms with Gasteiger partial charge in [0.25, 0.3) is 10.0 Å². The van der Waals surface area contributed by atoms with E-state index in [0.29, 0.717) is 29.4 Å². The SMILES string of the molecule is Cc1ccc(NC(=O)[C@@H]2CCCN2S(=O)(=O)c2ccc(Cl)s2)c(C)c1. The second kappa shape index (κ2) is 7.07. The molecule has 0 unspecified atom stereocenters. The average molecular weight is 399 g/mol. The van der Waals surface area contributed by atoms with Gasteiger partial charge in [0.1, 0.15) is 10.3 Å². The Morgan fingerprint density at radius 1 is 1.28 bits per heavy atom. The third-order valence-corrected chi connectivity index (χ3v) is 7.86. The van der Waals surface area contributed by atoms with Crippen molar-refractivity contribution in [2.75, 3.05) is 11.9 Å². The van der Waals surface area contributed by atoms with Crippen molar-refractivity contribution in [1.82, 2.24) is 4.31 Å². The molecule has 0 radical (unpaired) electrons. The lowest BCUT2D eigenvalue weighted by atomic mass is 10.1. The molecule has 2 aromatic rings. The number of nitrogens with one attached hydrogen (secondary N) is 1. The summed E-state index contributed by atoms with van der Waals surface area (Å²) < 4.78 is 27.5. The first-order chi connectivity index (χ1) is 11.8.